The van der Waals surface area contributed by atoms with Gasteiger partial charge < -0.3 is 10.0 Å². The van der Waals surface area contributed by atoms with Gasteiger partial charge in [-0.1, -0.05) is 28.1 Å². The molecule has 0 aliphatic carbocycles. The van der Waals surface area contributed by atoms with Crippen LogP contribution < -0.4 is 0 Å². The molecule has 0 radical (unpaired) electrons. The van der Waals surface area contributed by atoms with Gasteiger partial charge in [0.05, 0.1) is 0 Å². The Morgan fingerprint density at radius 1 is 1.35 bits per heavy atom. The number of hydrogen-bond acceptors (Lipinski definition) is 2. The van der Waals surface area contributed by atoms with Crippen molar-refractivity contribution < 1.29 is 9.90 Å². The second-order valence-corrected chi connectivity index (χ2v) is 6.93. The Morgan fingerprint density at radius 2 is 2.17 bits per heavy atom. The van der Waals surface area contributed by atoms with Crippen molar-refractivity contribution in [1.82, 2.24) is 9.88 Å². The van der Waals surface area contributed by atoms with Crippen LogP contribution in [0.1, 0.15) is 34.9 Å². The second kappa shape index (κ2) is 6.71. The molecule has 0 bridgehead atoms. The minimum atomic E-state index is -0.839. The summed E-state index contributed by atoms with van der Waals surface area (Å²) in [5.41, 5.74) is 3.59. The number of nitrogens with zero attached hydrogens (tertiary/aromatic N) is 2. The topological polar surface area (TPSA) is 53.4 Å². The van der Waals surface area contributed by atoms with Crippen molar-refractivity contribution in [2.24, 2.45) is 0 Å². The molecule has 2 atom stereocenters. The first kappa shape index (κ1) is 16.0. The van der Waals surface area contributed by atoms with Gasteiger partial charge in [0, 0.05) is 35.9 Å². The minimum Gasteiger partial charge on any atom is -0.465 e. The molecular formula is C18H19BrN2O2. The third-order valence-corrected chi connectivity index (χ3v) is 5.12. The number of benzene rings is 1. The summed E-state index contributed by atoms with van der Waals surface area (Å²) in [6.45, 7) is 3.18. The number of aryl methyl sites for hydroxylation is 1. The number of rotatable bonds is 2. The van der Waals surface area contributed by atoms with Crippen LogP contribution in [0.5, 0.6) is 0 Å². The average Bonchev–Trinajstić information content (AvgIpc) is 2.55. The minimum absolute atomic E-state index is 0.150. The van der Waals surface area contributed by atoms with Crippen LogP contribution in [-0.2, 0) is 0 Å². The van der Waals surface area contributed by atoms with Crippen LogP contribution >= 0.6 is 15.9 Å². The number of aromatic nitrogens is 1. The molecule has 3 rings (SSSR count). The lowest BCUT2D eigenvalue weighted by atomic mass is 9.76. The van der Waals surface area contributed by atoms with Crippen LogP contribution in [0, 0.1) is 6.92 Å². The molecule has 1 aromatic heterocycles. The largest absolute Gasteiger partial charge is 0.465 e. The van der Waals surface area contributed by atoms with Gasteiger partial charge >= 0.3 is 6.09 Å². The summed E-state index contributed by atoms with van der Waals surface area (Å²) in [6.07, 6.45) is 3.66. The zero-order chi connectivity index (χ0) is 16.4. The Hall–Kier alpha value is -1.88. The number of pyridine rings is 1. The second-order valence-electron chi connectivity index (χ2n) is 6.02. The molecule has 5 heteroatoms. The van der Waals surface area contributed by atoms with E-state index in [2.05, 4.69) is 46.0 Å². The summed E-state index contributed by atoms with van der Waals surface area (Å²) in [7, 11) is 0. The van der Waals surface area contributed by atoms with Crippen molar-refractivity contribution in [3.8, 4) is 0 Å². The van der Waals surface area contributed by atoms with Gasteiger partial charge in [-0.15, -0.1) is 0 Å². The number of hydrogen-bond donors (Lipinski definition) is 1. The lowest BCUT2D eigenvalue weighted by molar-refractivity contribution is 0.125. The van der Waals surface area contributed by atoms with Crippen molar-refractivity contribution in [1.29, 1.82) is 0 Å². The highest BCUT2D eigenvalue weighted by molar-refractivity contribution is 9.10. The molecule has 1 saturated heterocycles. The van der Waals surface area contributed by atoms with E-state index in [-0.39, 0.29) is 5.92 Å². The van der Waals surface area contributed by atoms with Crippen molar-refractivity contribution in [3.63, 3.8) is 0 Å². The molecule has 1 amide bonds. The molecule has 2 heterocycles. The number of carboxylic acid groups (broad SMARTS) is 1. The molecule has 2 unspecified atom stereocenters. The van der Waals surface area contributed by atoms with Crippen molar-refractivity contribution >= 4 is 22.0 Å². The predicted octanol–water partition coefficient (Wildman–Crippen LogP) is 4.40. The molecule has 23 heavy (non-hydrogen) atoms. The maximum absolute atomic E-state index is 11.4. The summed E-state index contributed by atoms with van der Waals surface area (Å²) in [4.78, 5) is 17.2. The molecule has 1 aromatic carbocycles. The molecule has 2 aromatic rings. The average molecular weight is 375 g/mol. The Balaban J connectivity index is 1.99. The standard InChI is InChI=1S/C18H19BrN2O2/c1-12-9-14(19)4-5-15(12)17-11-21(18(22)23)8-6-16(17)13-3-2-7-20-10-13/h2-5,7,9-10,16-17H,6,8,11H2,1H3,(H,22,23). The Bertz CT molecular complexity index is 705. The summed E-state index contributed by atoms with van der Waals surface area (Å²) in [5, 5.41) is 9.38. The van der Waals surface area contributed by atoms with Crippen molar-refractivity contribution in [2.45, 2.75) is 25.2 Å². The fourth-order valence-corrected chi connectivity index (χ4v) is 3.97. The first-order valence-electron chi connectivity index (χ1n) is 7.70. The summed E-state index contributed by atoms with van der Waals surface area (Å²) in [5.74, 6) is 0.441. The first-order chi connectivity index (χ1) is 11.1. The van der Waals surface area contributed by atoms with E-state index in [9.17, 15) is 9.90 Å². The summed E-state index contributed by atoms with van der Waals surface area (Å²) >= 11 is 3.50. The highest BCUT2D eigenvalue weighted by Gasteiger charge is 2.34. The number of carbonyl (C=O) groups is 1. The Morgan fingerprint density at radius 3 is 2.83 bits per heavy atom. The Kier molecular flexibility index (Phi) is 4.66. The van der Waals surface area contributed by atoms with E-state index in [1.807, 2.05) is 18.3 Å². The van der Waals surface area contributed by atoms with Gasteiger partial charge in [0.15, 0.2) is 0 Å². The SMILES string of the molecule is Cc1cc(Br)ccc1C1CN(C(=O)O)CCC1c1cccnc1. The van der Waals surface area contributed by atoms with Gasteiger partial charge in [-0.25, -0.2) is 4.79 Å². The predicted molar refractivity (Wildman–Crippen MR) is 92.8 cm³/mol. The Labute approximate surface area is 144 Å². The van der Waals surface area contributed by atoms with Gasteiger partial charge in [0.1, 0.15) is 0 Å². The van der Waals surface area contributed by atoms with Crippen LogP contribution in [-0.4, -0.2) is 34.2 Å². The van der Waals surface area contributed by atoms with E-state index in [0.717, 1.165) is 10.9 Å². The zero-order valence-corrected chi connectivity index (χ0v) is 14.5. The zero-order valence-electron chi connectivity index (χ0n) is 12.9. The van der Waals surface area contributed by atoms with Crippen LogP contribution in [0.4, 0.5) is 4.79 Å². The lowest BCUT2D eigenvalue weighted by Gasteiger charge is -2.38. The molecule has 1 aliphatic rings. The maximum Gasteiger partial charge on any atom is 0.407 e. The molecule has 120 valence electrons. The molecule has 1 fully saturated rings. The number of likely N-dealkylation sites (tertiary alicyclic amines) is 1. The summed E-state index contributed by atoms with van der Waals surface area (Å²) < 4.78 is 1.04. The quantitative estimate of drug-likeness (QED) is 0.846. The van der Waals surface area contributed by atoms with Gasteiger partial charge in [-0.05, 0) is 54.2 Å². The third-order valence-electron chi connectivity index (χ3n) is 4.63. The number of amides is 1. The first-order valence-corrected chi connectivity index (χ1v) is 8.49. The van der Waals surface area contributed by atoms with Gasteiger partial charge in [0.25, 0.3) is 0 Å². The number of halogens is 1. The number of piperidine rings is 1. The molecular weight excluding hydrogens is 356 g/mol. The van der Waals surface area contributed by atoms with E-state index in [1.165, 1.54) is 21.6 Å². The fourth-order valence-electron chi connectivity index (χ4n) is 3.49. The van der Waals surface area contributed by atoms with Crippen molar-refractivity contribution in [2.75, 3.05) is 13.1 Å². The van der Waals surface area contributed by atoms with Gasteiger partial charge in [-0.2, -0.15) is 0 Å². The lowest BCUT2D eigenvalue weighted by Crippen LogP contribution is -2.41. The van der Waals surface area contributed by atoms with Crippen LogP contribution in [0.25, 0.3) is 0 Å². The van der Waals surface area contributed by atoms with Crippen LogP contribution in [0.2, 0.25) is 0 Å². The van der Waals surface area contributed by atoms with Crippen LogP contribution in [0.3, 0.4) is 0 Å². The van der Waals surface area contributed by atoms with Gasteiger partial charge in [0.2, 0.25) is 0 Å². The highest BCUT2D eigenvalue weighted by Crippen LogP contribution is 2.41. The van der Waals surface area contributed by atoms with E-state index < -0.39 is 6.09 Å². The maximum atomic E-state index is 11.4. The highest BCUT2D eigenvalue weighted by atomic mass is 79.9. The molecule has 1 N–H and O–H groups in total. The van der Waals surface area contributed by atoms with Gasteiger partial charge in [-0.3, -0.25) is 4.98 Å². The monoisotopic (exact) mass is 374 g/mol. The van der Waals surface area contributed by atoms with E-state index in [1.54, 1.807) is 6.20 Å². The smallest absolute Gasteiger partial charge is 0.407 e. The van der Waals surface area contributed by atoms with Crippen molar-refractivity contribution in [3.05, 3.63) is 63.9 Å². The third kappa shape index (κ3) is 3.39. The molecule has 1 aliphatic heterocycles. The normalized spacial score (nSPS) is 21.2. The molecule has 4 nitrogen and oxygen atoms in total. The van der Waals surface area contributed by atoms with E-state index >= 15 is 0 Å². The molecule has 0 spiro atoms. The summed E-state index contributed by atoms with van der Waals surface area (Å²) in [6, 6.07) is 10.3. The van der Waals surface area contributed by atoms with Crippen LogP contribution in [0.15, 0.2) is 47.2 Å². The van der Waals surface area contributed by atoms with E-state index in [4.69, 9.17) is 0 Å². The fraction of sp³-hybridized carbons (Fsp3) is 0.333. The van der Waals surface area contributed by atoms with E-state index in [0.29, 0.717) is 19.0 Å². The molecule has 0 saturated carbocycles.